The molecule has 11 nitrogen and oxygen atoms in total. The number of amides is 2. The minimum atomic E-state index is -1.14. The van der Waals surface area contributed by atoms with Crippen LogP contribution in [0.3, 0.4) is 0 Å². The van der Waals surface area contributed by atoms with E-state index in [4.69, 9.17) is 25.8 Å². The maximum atomic E-state index is 14.1. The Hall–Kier alpha value is -4.13. The minimum absolute atomic E-state index is 0.0181. The second-order valence-electron chi connectivity index (χ2n) is 10.6. The largest absolute Gasteiger partial charge is 0.493 e. The number of thiazole rings is 1. The van der Waals surface area contributed by atoms with Crippen molar-refractivity contribution in [3.63, 3.8) is 0 Å². The van der Waals surface area contributed by atoms with Crippen LogP contribution in [0.5, 0.6) is 11.5 Å². The van der Waals surface area contributed by atoms with Crippen molar-refractivity contribution in [2.24, 2.45) is 5.41 Å². The lowest BCUT2D eigenvalue weighted by molar-refractivity contribution is -0.119. The number of carbonyl (C=O) groups is 3. The summed E-state index contributed by atoms with van der Waals surface area (Å²) in [7, 11) is 3.01. The standard InChI is InChI=1S/C30H32ClN3O8S/c1-16-26(28(38)39)43-29(32-16)33-23(36)12-11-22-27(37)34(14-30(2,3)15-35)20-10-9-17(31)13-19(20)24(42-22)18-7-6-8-21(40-4)25(18)41-5/h6-11,13,24,35H,12,14-15H2,1-5H3,(H,38,39)(H,32,33,36)/b22-11-/t24-/m1/s1. The molecular formula is C30H32ClN3O8S. The Balaban J connectivity index is 1.80. The summed E-state index contributed by atoms with van der Waals surface area (Å²) in [6.07, 6.45) is 0.180. The van der Waals surface area contributed by atoms with E-state index in [1.165, 1.54) is 32.1 Å². The molecule has 1 atom stereocenters. The first-order valence-corrected chi connectivity index (χ1v) is 14.4. The van der Waals surface area contributed by atoms with Gasteiger partial charge in [-0.2, -0.15) is 0 Å². The summed E-state index contributed by atoms with van der Waals surface area (Å²) in [5.41, 5.74) is 1.22. The van der Waals surface area contributed by atoms with E-state index in [2.05, 4.69) is 10.3 Å². The highest BCUT2D eigenvalue weighted by Crippen LogP contribution is 2.46. The number of carboxylic acid groups (broad SMARTS) is 1. The number of para-hydroxylation sites is 1. The third-order valence-corrected chi connectivity index (χ3v) is 8.00. The Bertz CT molecular complexity index is 1590. The second kappa shape index (κ2) is 13.0. The van der Waals surface area contributed by atoms with Crippen LogP contribution in [0.4, 0.5) is 10.8 Å². The van der Waals surface area contributed by atoms with Crippen molar-refractivity contribution < 1.29 is 38.8 Å². The molecule has 2 amide bonds. The molecule has 43 heavy (non-hydrogen) atoms. The van der Waals surface area contributed by atoms with Gasteiger partial charge in [-0.3, -0.25) is 9.59 Å². The fourth-order valence-corrected chi connectivity index (χ4v) is 5.59. The van der Waals surface area contributed by atoms with Gasteiger partial charge in [0.1, 0.15) is 4.88 Å². The third-order valence-electron chi connectivity index (χ3n) is 6.70. The van der Waals surface area contributed by atoms with Crippen molar-refractivity contribution in [2.45, 2.75) is 33.3 Å². The number of halogens is 1. The molecule has 3 N–H and O–H groups in total. The molecule has 0 spiro atoms. The van der Waals surface area contributed by atoms with Crippen molar-refractivity contribution in [2.75, 3.05) is 37.6 Å². The van der Waals surface area contributed by atoms with Crippen LogP contribution in [0.25, 0.3) is 0 Å². The number of benzene rings is 2. The number of anilines is 2. The number of carboxylic acids is 1. The number of aromatic carboxylic acids is 1. The molecule has 3 aromatic rings. The zero-order valence-corrected chi connectivity index (χ0v) is 25.8. The number of ether oxygens (including phenoxy) is 3. The molecule has 0 unspecified atom stereocenters. The van der Waals surface area contributed by atoms with E-state index in [-0.39, 0.29) is 41.0 Å². The number of nitrogens with zero attached hydrogens (tertiary/aromatic N) is 2. The molecule has 4 rings (SSSR count). The number of aromatic nitrogens is 1. The first kappa shape index (κ1) is 31.8. The smallest absolute Gasteiger partial charge is 0.347 e. The fraction of sp³-hybridized carbons (Fsp3) is 0.333. The number of hydrogen-bond donors (Lipinski definition) is 3. The average Bonchev–Trinajstić information content (AvgIpc) is 3.30. The van der Waals surface area contributed by atoms with E-state index in [0.29, 0.717) is 33.3 Å². The van der Waals surface area contributed by atoms with E-state index in [0.717, 1.165) is 11.3 Å². The van der Waals surface area contributed by atoms with Gasteiger partial charge in [-0.15, -0.1) is 0 Å². The Morgan fingerprint density at radius 1 is 1.21 bits per heavy atom. The van der Waals surface area contributed by atoms with Gasteiger partial charge in [0.25, 0.3) is 5.91 Å². The molecule has 1 aromatic heterocycles. The predicted octanol–water partition coefficient (Wildman–Crippen LogP) is 5.20. The molecule has 0 radical (unpaired) electrons. The number of aliphatic hydroxyl groups excluding tert-OH is 1. The number of methoxy groups -OCH3 is 2. The second-order valence-corrected chi connectivity index (χ2v) is 12.0. The maximum Gasteiger partial charge on any atom is 0.347 e. The molecule has 13 heteroatoms. The van der Waals surface area contributed by atoms with E-state index in [9.17, 15) is 24.6 Å². The molecule has 0 fully saturated rings. The van der Waals surface area contributed by atoms with Crippen LogP contribution in [0.15, 0.2) is 48.2 Å². The number of hydrogen-bond acceptors (Lipinski definition) is 9. The van der Waals surface area contributed by atoms with Crippen LogP contribution in [-0.2, 0) is 14.3 Å². The molecule has 0 saturated carbocycles. The summed E-state index contributed by atoms with van der Waals surface area (Å²) in [6, 6.07) is 10.4. The fourth-order valence-electron chi connectivity index (χ4n) is 4.59. The van der Waals surface area contributed by atoms with Gasteiger partial charge in [0.05, 0.1) is 25.6 Å². The van der Waals surface area contributed by atoms with E-state index in [1.54, 1.807) is 36.4 Å². The quantitative estimate of drug-likeness (QED) is 0.257. The van der Waals surface area contributed by atoms with Crippen molar-refractivity contribution in [1.82, 2.24) is 4.98 Å². The summed E-state index contributed by atoms with van der Waals surface area (Å²) >= 11 is 7.28. The van der Waals surface area contributed by atoms with E-state index in [1.807, 2.05) is 13.8 Å². The van der Waals surface area contributed by atoms with Crippen molar-refractivity contribution in [3.8, 4) is 11.5 Å². The monoisotopic (exact) mass is 629 g/mol. The lowest BCUT2D eigenvalue weighted by Crippen LogP contribution is -2.41. The van der Waals surface area contributed by atoms with Crippen LogP contribution >= 0.6 is 22.9 Å². The van der Waals surface area contributed by atoms with Crippen LogP contribution in [0.2, 0.25) is 5.02 Å². The zero-order chi connectivity index (χ0) is 31.5. The summed E-state index contributed by atoms with van der Waals surface area (Å²) < 4.78 is 17.6. The lowest BCUT2D eigenvalue weighted by Gasteiger charge is -2.31. The van der Waals surface area contributed by atoms with Crippen molar-refractivity contribution in [3.05, 3.63) is 75.0 Å². The Labute approximate surface area is 257 Å². The first-order valence-electron chi connectivity index (χ1n) is 13.2. The molecule has 228 valence electrons. The van der Waals surface area contributed by atoms with Crippen molar-refractivity contribution in [1.29, 1.82) is 0 Å². The van der Waals surface area contributed by atoms with Crippen molar-refractivity contribution >= 4 is 51.5 Å². The van der Waals surface area contributed by atoms with Gasteiger partial charge >= 0.3 is 5.97 Å². The summed E-state index contributed by atoms with van der Waals surface area (Å²) in [4.78, 5) is 44.0. The molecule has 0 bridgehead atoms. The van der Waals surface area contributed by atoms with Gasteiger partial charge in [-0.05, 0) is 37.3 Å². The number of aryl methyl sites for hydroxylation is 1. The van der Waals surface area contributed by atoms with Crippen LogP contribution in [0, 0.1) is 12.3 Å². The van der Waals surface area contributed by atoms with Gasteiger partial charge in [-0.25, -0.2) is 9.78 Å². The molecule has 1 aliphatic rings. The summed E-state index contributed by atoms with van der Waals surface area (Å²) in [6.45, 7) is 5.11. The Kier molecular flexibility index (Phi) is 9.63. The Morgan fingerprint density at radius 3 is 2.58 bits per heavy atom. The minimum Gasteiger partial charge on any atom is -0.493 e. The van der Waals surface area contributed by atoms with Gasteiger partial charge in [0, 0.05) is 41.1 Å². The average molecular weight is 630 g/mol. The first-order chi connectivity index (χ1) is 20.4. The zero-order valence-electron chi connectivity index (χ0n) is 24.3. The molecular weight excluding hydrogens is 598 g/mol. The van der Waals surface area contributed by atoms with Gasteiger partial charge in [-0.1, -0.05) is 48.9 Å². The third kappa shape index (κ3) is 6.93. The number of aliphatic hydroxyl groups is 1. The van der Waals surface area contributed by atoms with Gasteiger partial charge in [0.15, 0.2) is 28.5 Å². The highest BCUT2D eigenvalue weighted by Gasteiger charge is 2.37. The normalized spacial score (nSPS) is 15.9. The Morgan fingerprint density at radius 2 is 1.95 bits per heavy atom. The predicted molar refractivity (Wildman–Crippen MR) is 162 cm³/mol. The van der Waals surface area contributed by atoms with Gasteiger partial charge in [0.2, 0.25) is 5.91 Å². The lowest BCUT2D eigenvalue weighted by atomic mass is 9.92. The number of rotatable bonds is 10. The molecule has 2 aromatic carbocycles. The van der Waals surface area contributed by atoms with Crippen LogP contribution in [-0.4, -0.2) is 60.4 Å². The highest BCUT2D eigenvalue weighted by molar-refractivity contribution is 7.17. The molecule has 0 aliphatic carbocycles. The van der Waals surface area contributed by atoms with E-state index >= 15 is 0 Å². The van der Waals surface area contributed by atoms with Gasteiger partial charge < -0.3 is 34.6 Å². The summed E-state index contributed by atoms with van der Waals surface area (Å²) in [5, 5.41) is 22.4. The SMILES string of the molecule is COc1cccc([C@H]2O/C(=C\CC(=O)Nc3nc(C)c(C(=O)O)s3)C(=O)N(CC(C)(C)CO)c3ccc(Cl)cc32)c1OC. The maximum absolute atomic E-state index is 14.1. The topological polar surface area (TPSA) is 148 Å². The number of carbonyl (C=O) groups excluding carboxylic acids is 2. The van der Waals surface area contributed by atoms with E-state index < -0.39 is 29.3 Å². The summed E-state index contributed by atoms with van der Waals surface area (Å²) in [5.74, 6) is -1.47. The van der Waals surface area contributed by atoms with Crippen LogP contribution < -0.4 is 19.7 Å². The highest BCUT2D eigenvalue weighted by atomic mass is 35.5. The number of fused-ring (bicyclic) bond motifs is 1. The molecule has 2 heterocycles. The molecule has 0 saturated heterocycles. The number of nitrogens with one attached hydrogen (secondary N) is 1. The molecule has 1 aliphatic heterocycles. The van der Waals surface area contributed by atoms with Crippen LogP contribution in [0.1, 0.15) is 52.9 Å².